The molecule has 0 unspecified atom stereocenters. The minimum absolute atomic E-state index is 0.350. The summed E-state index contributed by atoms with van der Waals surface area (Å²) in [7, 11) is 0. The van der Waals surface area contributed by atoms with Crippen molar-refractivity contribution in [3.63, 3.8) is 0 Å². The van der Waals surface area contributed by atoms with E-state index in [4.69, 9.17) is 0 Å². The number of aromatic nitrogens is 1. The second kappa shape index (κ2) is 2.24. The lowest BCUT2D eigenvalue weighted by atomic mass is 9.88. The maximum absolute atomic E-state index is 4.10. The molecule has 2 rings (SSSR count). The molecule has 0 saturated heterocycles. The topological polar surface area (TPSA) is 12.9 Å². The Bertz CT molecular complexity index is 281. The smallest absolute Gasteiger partial charge is 0.0406 e. The van der Waals surface area contributed by atoms with Crippen molar-refractivity contribution in [1.82, 2.24) is 4.98 Å². The Labute approximate surface area is 71.2 Å². The molecule has 2 heteroatoms. The lowest BCUT2D eigenvalue weighted by molar-refractivity contribution is 0.603. The summed E-state index contributed by atoms with van der Waals surface area (Å²) in [5.41, 5.74) is 1.81. The van der Waals surface area contributed by atoms with Crippen molar-refractivity contribution in [3.8, 4) is 0 Å². The Morgan fingerprint density at radius 1 is 1.55 bits per heavy atom. The van der Waals surface area contributed by atoms with Gasteiger partial charge < -0.3 is 0 Å². The molecule has 0 radical (unpaired) electrons. The second-order valence-corrected chi connectivity index (χ2v) is 4.56. The zero-order valence-electron chi connectivity index (χ0n) is 6.79. The van der Waals surface area contributed by atoms with E-state index in [-0.39, 0.29) is 0 Å². The third kappa shape index (κ3) is 1.06. The van der Waals surface area contributed by atoms with E-state index in [1.165, 1.54) is 16.2 Å². The van der Waals surface area contributed by atoms with Crippen LogP contribution in [-0.2, 0) is 5.41 Å². The fraction of sp³-hybridized carbons (Fsp3) is 0.444. The van der Waals surface area contributed by atoms with Crippen LogP contribution in [-0.4, -0.2) is 10.7 Å². The normalized spacial score (nSPS) is 19.8. The highest BCUT2D eigenvalue weighted by atomic mass is 32.2. The molecule has 1 aromatic rings. The SMILES string of the molecule is CC1(C)CSc2cnccc21. The van der Waals surface area contributed by atoms with Gasteiger partial charge in [-0.3, -0.25) is 4.98 Å². The van der Waals surface area contributed by atoms with Crippen molar-refractivity contribution in [1.29, 1.82) is 0 Å². The van der Waals surface area contributed by atoms with Crippen LogP contribution in [0.15, 0.2) is 23.4 Å². The summed E-state index contributed by atoms with van der Waals surface area (Å²) in [6, 6.07) is 2.13. The van der Waals surface area contributed by atoms with Crippen LogP contribution in [0.1, 0.15) is 19.4 Å². The van der Waals surface area contributed by atoms with Crippen molar-refractivity contribution >= 4 is 11.8 Å². The van der Waals surface area contributed by atoms with Crippen LogP contribution in [0.25, 0.3) is 0 Å². The minimum Gasteiger partial charge on any atom is -0.264 e. The van der Waals surface area contributed by atoms with Crippen molar-refractivity contribution in [2.45, 2.75) is 24.2 Å². The molecule has 0 aliphatic carbocycles. The average molecular weight is 165 g/mol. The molecule has 1 aliphatic heterocycles. The van der Waals surface area contributed by atoms with Crippen molar-refractivity contribution in [2.24, 2.45) is 0 Å². The highest BCUT2D eigenvalue weighted by molar-refractivity contribution is 7.99. The Morgan fingerprint density at radius 3 is 3.09 bits per heavy atom. The van der Waals surface area contributed by atoms with Crippen molar-refractivity contribution in [2.75, 3.05) is 5.75 Å². The van der Waals surface area contributed by atoms with Crippen LogP contribution >= 0.6 is 11.8 Å². The Morgan fingerprint density at radius 2 is 2.36 bits per heavy atom. The van der Waals surface area contributed by atoms with Gasteiger partial charge in [-0.2, -0.15) is 0 Å². The number of hydrogen-bond donors (Lipinski definition) is 0. The van der Waals surface area contributed by atoms with Crippen LogP contribution in [0.4, 0.5) is 0 Å². The molecule has 1 aliphatic rings. The van der Waals surface area contributed by atoms with Gasteiger partial charge in [-0.1, -0.05) is 13.8 Å². The summed E-state index contributed by atoms with van der Waals surface area (Å²) in [6.45, 7) is 4.57. The zero-order valence-corrected chi connectivity index (χ0v) is 7.61. The molecule has 0 saturated carbocycles. The molecule has 1 nitrogen and oxygen atoms in total. The summed E-state index contributed by atoms with van der Waals surface area (Å²) < 4.78 is 0. The standard InChI is InChI=1S/C9H11NS/c1-9(2)6-11-8-5-10-4-3-7(8)9/h3-5H,6H2,1-2H3. The maximum Gasteiger partial charge on any atom is 0.0406 e. The molecule has 11 heavy (non-hydrogen) atoms. The van der Waals surface area contributed by atoms with Gasteiger partial charge in [0.05, 0.1) is 0 Å². The fourth-order valence-corrected chi connectivity index (χ4v) is 2.70. The molecule has 0 fully saturated rings. The second-order valence-electron chi connectivity index (χ2n) is 3.54. The summed E-state index contributed by atoms with van der Waals surface area (Å²) in [5.74, 6) is 1.19. The van der Waals surface area contributed by atoms with Crippen LogP contribution in [0, 0.1) is 0 Å². The van der Waals surface area contributed by atoms with E-state index in [2.05, 4.69) is 24.9 Å². The fourth-order valence-electron chi connectivity index (χ4n) is 1.39. The number of fused-ring (bicyclic) bond motifs is 1. The third-order valence-corrected chi connectivity index (χ3v) is 3.60. The highest BCUT2D eigenvalue weighted by Crippen LogP contribution is 2.42. The Kier molecular flexibility index (Phi) is 1.46. The number of pyridine rings is 1. The molecule has 0 spiro atoms. The van der Waals surface area contributed by atoms with Crippen molar-refractivity contribution in [3.05, 3.63) is 24.0 Å². The summed E-state index contributed by atoms with van der Waals surface area (Å²) in [6.07, 6.45) is 3.85. The van der Waals surface area contributed by atoms with E-state index >= 15 is 0 Å². The first-order valence-electron chi connectivity index (χ1n) is 3.77. The van der Waals surface area contributed by atoms with E-state index in [1.54, 1.807) is 0 Å². The minimum atomic E-state index is 0.350. The molecule has 58 valence electrons. The molecular formula is C9H11NS. The lowest BCUT2D eigenvalue weighted by Gasteiger charge is -2.16. The van der Waals surface area contributed by atoms with Crippen LogP contribution in [0.2, 0.25) is 0 Å². The Hall–Kier alpha value is -0.500. The van der Waals surface area contributed by atoms with E-state index < -0.39 is 0 Å². The molecule has 2 heterocycles. The molecule has 0 bridgehead atoms. The van der Waals surface area contributed by atoms with Gasteiger partial charge in [0.2, 0.25) is 0 Å². The molecule has 0 aromatic carbocycles. The van der Waals surface area contributed by atoms with Gasteiger partial charge in [-0.25, -0.2) is 0 Å². The maximum atomic E-state index is 4.10. The van der Waals surface area contributed by atoms with Gasteiger partial charge in [0.1, 0.15) is 0 Å². The zero-order chi connectivity index (χ0) is 7.90. The largest absolute Gasteiger partial charge is 0.264 e. The van der Waals surface area contributed by atoms with Gasteiger partial charge >= 0.3 is 0 Å². The number of thioether (sulfide) groups is 1. The number of hydrogen-bond acceptors (Lipinski definition) is 2. The van der Waals surface area contributed by atoms with Gasteiger partial charge in [0.15, 0.2) is 0 Å². The van der Waals surface area contributed by atoms with Crippen LogP contribution < -0.4 is 0 Å². The van der Waals surface area contributed by atoms with E-state index in [1.807, 2.05) is 24.2 Å². The van der Waals surface area contributed by atoms with E-state index in [0.717, 1.165) is 0 Å². The molecule has 0 amide bonds. The predicted octanol–water partition coefficient (Wildman–Crippen LogP) is 2.46. The van der Waals surface area contributed by atoms with Crippen LogP contribution in [0.3, 0.4) is 0 Å². The lowest BCUT2D eigenvalue weighted by Crippen LogP contribution is -2.15. The third-order valence-electron chi connectivity index (χ3n) is 2.10. The quantitative estimate of drug-likeness (QED) is 0.585. The van der Waals surface area contributed by atoms with E-state index in [9.17, 15) is 0 Å². The monoisotopic (exact) mass is 165 g/mol. The summed E-state index contributed by atoms with van der Waals surface area (Å²) >= 11 is 1.91. The Balaban J connectivity index is 2.56. The predicted molar refractivity (Wildman–Crippen MR) is 48.0 cm³/mol. The van der Waals surface area contributed by atoms with Gasteiger partial charge in [-0.05, 0) is 11.6 Å². The average Bonchev–Trinajstić information content (AvgIpc) is 2.29. The van der Waals surface area contributed by atoms with Gasteiger partial charge in [0.25, 0.3) is 0 Å². The molecule has 0 N–H and O–H groups in total. The first-order valence-corrected chi connectivity index (χ1v) is 4.76. The molecule has 0 atom stereocenters. The summed E-state index contributed by atoms with van der Waals surface area (Å²) in [4.78, 5) is 5.46. The van der Waals surface area contributed by atoms with Crippen LogP contribution in [0.5, 0.6) is 0 Å². The first kappa shape index (κ1) is 7.17. The highest BCUT2D eigenvalue weighted by Gasteiger charge is 2.29. The number of nitrogens with zero attached hydrogens (tertiary/aromatic N) is 1. The van der Waals surface area contributed by atoms with Gasteiger partial charge in [-0.15, -0.1) is 11.8 Å². The molecule has 1 aromatic heterocycles. The van der Waals surface area contributed by atoms with Crippen molar-refractivity contribution < 1.29 is 0 Å². The molecular weight excluding hydrogens is 154 g/mol. The van der Waals surface area contributed by atoms with E-state index in [0.29, 0.717) is 5.41 Å². The first-order chi connectivity index (χ1) is 5.20. The summed E-state index contributed by atoms with van der Waals surface area (Å²) in [5, 5.41) is 0. The van der Waals surface area contributed by atoms with Gasteiger partial charge in [0, 0.05) is 28.5 Å². The number of rotatable bonds is 0.